The highest BCUT2D eigenvalue weighted by Crippen LogP contribution is 2.30. The summed E-state index contributed by atoms with van der Waals surface area (Å²) in [7, 11) is -3.85. The molecule has 0 unspecified atom stereocenters. The number of fused-ring (bicyclic) bond motifs is 1. The molecule has 1 saturated heterocycles. The number of benzene rings is 3. The Morgan fingerprint density at radius 1 is 0.895 bits per heavy atom. The number of piperazine rings is 1. The Morgan fingerprint density at radius 2 is 1.58 bits per heavy atom. The van der Waals surface area contributed by atoms with Crippen molar-refractivity contribution in [3.8, 4) is 0 Å². The number of anilines is 1. The summed E-state index contributed by atoms with van der Waals surface area (Å²) in [5.74, 6) is -0.0503. The highest BCUT2D eigenvalue weighted by Gasteiger charge is 2.33. The largest absolute Gasteiger partial charge is 0.336 e. The average molecular weight is 529 g/mol. The van der Waals surface area contributed by atoms with Gasteiger partial charge in [0.05, 0.1) is 5.52 Å². The summed E-state index contributed by atoms with van der Waals surface area (Å²) in [5.41, 5.74) is 3.72. The highest BCUT2D eigenvalue weighted by molar-refractivity contribution is 7.93. The van der Waals surface area contributed by atoms with Crippen LogP contribution in [0, 0.1) is 6.92 Å². The van der Waals surface area contributed by atoms with Crippen molar-refractivity contribution in [2.45, 2.75) is 31.2 Å². The minimum absolute atomic E-state index is 0.0503. The normalized spacial score (nSPS) is 15.0. The van der Waals surface area contributed by atoms with Crippen molar-refractivity contribution in [3.05, 3.63) is 102 Å². The predicted octanol–water partition coefficient (Wildman–Crippen LogP) is 5.04. The molecule has 0 aliphatic carbocycles. The maximum absolute atomic E-state index is 13.2. The topological polar surface area (TPSA) is 82.6 Å². The van der Waals surface area contributed by atoms with E-state index in [1.165, 1.54) is 17.2 Å². The standard InChI is InChI=1S/C30H32N4O3S/c1-22-7-4-10-25(21-22)30(2,3)34-19-17-33(18-20-34)29(35)24-12-14-26(15-13-24)32-38(36,37)27-11-5-8-23-9-6-16-31-28(23)27/h4-16,21,32H,17-20H2,1-3H3. The van der Waals surface area contributed by atoms with Gasteiger partial charge in [-0.25, -0.2) is 8.42 Å². The van der Waals surface area contributed by atoms with E-state index in [0.717, 1.165) is 18.5 Å². The Labute approximate surface area is 224 Å². The highest BCUT2D eigenvalue weighted by atomic mass is 32.2. The summed E-state index contributed by atoms with van der Waals surface area (Å²) in [5, 5.41) is 0.749. The Kier molecular flexibility index (Phi) is 6.94. The molecule has 1 N–H and O–H groups in total. The van der Waals surface area contributed by atoms with Crippen molar-refractivity contribution in [2.75, 3.05) is 30.9 Å². The second-order valence-corrected chi connectivity index (χ2v) is 11.9. The van der Waals surface area contributed by atoms with Crippen LogP contribution in [-0.4, -0.2) is 55.3 Å². The van der Waals surface area contributed by atoms with Gasteiger partial charge in [-0.3, -0.25) is 19.4 Å². The van der Waals surface area contributed by atoms with Crippen LogP contribution in [0.1, 0.15) is 35.3 Å². The molecule has 1 aliphatic rings. The minimum Gasteiger partial charge on any atom is -0.336 e. The molecule has 0 spiro atoms. The van der Waals surface area contributed by atoms with Gasteiger partial charge in [0, 0.05) is 54.6 Å². The number of carbonyl (C=O) groups is 1. The molecule has 5 rings (SSSR count). The summed E-state index contributed by atoms with van der Waals surface area (Å²) in [6.07, 6.45) is 1.57. The van der Waals surface area contributed by atoms with E-state index in [4.69, 9.17) is 0 Å². The summed E-state index contributed by atoms with van der Waals surface area (Å²) >= 11 is 0. The van der Waals surface area contributed by atoms with E-state index in [1.807, 2.05) is 17.0 Å². The fourth-order valence-electron chi connectivity index (χ4n) is 5.04. The van der Waals surface area contributed by atoms with Gasteiger partial charge in [-0.05, 0) is 62.7 Å². The average Bonchev–Trinajstić information content (AvgIpc) is 2.92. The first-order valence-electron chi connectivity index (χ1n) is 12.7. The summed E-state index contributed by atoms with van der Waals surface area (Å²) in [6, 6.07) is 23.8. The van der Waals surface area contributed by atoms with Crippen LogP contribution in [0.15, 0.2) is 90.0 Å². The van der Waals surface area contributed by atoms with Crippen LogP contribution in [0.4, 0.5) is 5.69 Å². The van der Waals surface area contributed by atoms with E-state index in [1.54, 1.807) is 42.6 Å². The van der Waals surface area contributed by atoms with E-state index >= 15 is 0 Å². The summed E-state index contributed by atoms with van der Waals surface area (Å²) in [6.45, 7) is 9.40. The first-order valence-corrected chi connectivity index (χ1v) is 14.2. The van der Waals surface area contributed by atoms with Crippen LogP contribution in [0.3, 0.4) is 0 Å². The maximum atomic E-state index is 13.2. The minimum atomic E-state index is -3.85. The zero-order valence-electron chi connectivity index (χ0n) is 21.9. The molecular weight excluding hydrogens is 496 g/mol. The van der Waals surface area contributed by atoms with Crippen LogP contribution in [0.25, 0.3) is 10.9 Å². The number of nitrogens with zero attached hydrogens (tertiary/aromatic N) is 3. The van der Waals surface area contributed by atoms with Crippen molar-refractivity contribution in [1.29, 1.82) is 0 Å². The lowest BCUT2D eigenvalue weighted by atomic mass is 9.90. The zero-order valence-corrected chi connectivity index (χ0v) is 22.7. The van der Waals surface area contributed by atoms with Crippen molar-refractivity contribution < 1.29 is 13.2 Å². The number of pyridine rings is 1. The second kappa shape index (κ2) is 10.2. The third kappa shape index (κ3) is 5.14. The molecule has 0 bridgehead atoms. The maximum Gasteiger partial charge on any atom is 0.264 e. The van der Waals surface area contributed by atoms with Crippen molar-refractivity contribution in [1.82, 2.24) is 14.8 Å². The Bertz CT molecular complexity index is 1570. The molecule has 1 fully saturated rings. The first-order chi connectivity index (χ1) is 18.1. The van der Waals surface area contributed by atoms with Crippen molar-refractivity contribution in [2.24, 2.45) is 0 Å². The van der Waals surface area contributed by atoms with E-state index in [9.17, 15) is 13.2 Å². The summed E-state index contributed by atoms with van der Waals surface area (Å²) < 4.78 is 28.8. The lowest BCUT2D eigenvalue weighted by molar-refractivity contribution is 0.0391. The molecule has 196 valence electrons. The predicted molar refractivity (Wildman–Crippen MR) is 151 cm³/mol. The molecule has 1 aromatic heterocycles. The molecular formula is C30H32N4O3S. The van der Waals surface area contributed by atoms with Crippen molar-refractivity contribution >= 4 is 32.5 Å². The van der Waals surface area contributed by atoms with Gasteiger partial charge in [0.15, 0.2) is 0 Å². The lowest BCUT2D eigenvalue weighted by Crippen LogP contribution is -2.54. The monoisotopic (exact) mass is 528 g/mol. The van der Waals surface area contributed by atoms with E-state index in [-0.39, 0.29) is 16.3 Å². The lowest BCUT2D eigenvalue weighted by Gasteiger charge is -2.44. The van der Waals surface area contributed by atoms with Gasteiger partial charge in [-0.2, -0.15) is 0 Å². The fraction of sp³-hybridized carbons (Fsp3) is 0.267. The molecule has 7 nitrogen and oxygen atoms in total. The van der Waals surface area contributed by atoms with Crippen LogP contribution < -0.4 is 4.72 Å². The van der Waals surface area contributed by atoms with Crippen LogP contribution in [-0.2, 0) is 15.6 Å². The van der Waals surface area contributed by atoms with E-state index < -0.39 is 10.0 Å². The number of amides is 1. The van der Waals surface area contributed by atoms with Crippen LogP contribution in [0.2, 0.25) is 0 Å². The molecule has 1 aliphatic heterocycles. The number of hydrogen-bond donors (Lipinski definition) is 1. The number of para-hydroxylation sites is 1. The third-order valence-corrected chi connectivity index (χ3v) is 8.76. The number of aryl methyl sites for hydroxylation is 1. The van der Waals surface area contributed by atoms with E-state index in [0.29, 0.717) is 29.9 Å². The molecule has 0 saturated carbocycles. The number of sulfonamides is 1. The molecule has 1 amide bonds. The number of carbonyl (C=O) groups excluding carboxylic acids is 1. The van der Waals surface area contributed by atoms with Crippen LogP contribution in [0.5, 0.6) is 0 Å². The van der Waals surface area contributed by atoms with Gasteiger partial charge >= 0.3 is 0 Å². The van der Waals surface area contributed by atoms with Gasteiger partial charge in [0.1, 0.15) is 4.90 Å². The van der Waals surface area contributed by atoms with Crippen molar-refractivity contribution in [3.63, 3.8) is 0 Å². The van der Waals surface area contributed by atoms with Crippen LogP contribution >= 0.6 is 0 Å². The molecule has 8 heteroatoms. The quantitative estimate of drug-likeness (QED) is 0.379. The molecule has 4 aromatic rings. The first kappa shape index (κ1) is 25.9. The Hall–Kier alpha value is -3.75. The number of aromatic nitrogens is 1. The Balaban J connectivity index is 1.24. The van der Waals surface area contributed by atoms with Gasteiger partial charge in [-0.15, -0.1) is 0 Å². The third-order valence-electron chi connectivity index (χ3n) is 7.35. The molecule has 3 aromatic carbocycles. The van der Waals surface area contributed by atoms with Gasteiger partial charge < -0.3 is 4.90 Å². The zero-order chi connectivity index (χ0) is 26.9. The smallest absolute Gasteiger partial charge is 0.264 e. The fourth-order valence-corrected chi connectivity index (χ4v) is 6.28. The molecule has 0 atom stereocenters. The SMILES string of the molecule is Cc1cccc(C(C)(C)N2CCN(C(=O)c3ccc(NS(=O)(=O)c4cccc5cccnc45)cc3)CC2)c1. The molecule has 0 radical (unpaired) electrons. The number of nitrogens with one attached hydrogen (secondary N) is 1. The molecule has 2 heterocycles. The number of rotatable bonds is 6. The Morgan fingerprint density at radius 3 is 2.29 bits per heavy atom. The van der Waals surface area contributed by atoms with Gasteiger partial charge in [-0.1, -0.05) is 48.0 Å². The van der Waals surface area contributed by atoms with E-state index in [2.05, 4.69) is 59.6 Å². The second-order valence-electron chi connectivity index (χ2n) is 10.2. The van der Waals surface area contributed by atoms with Gasteiger partial charge in [0.25, 0.3) is 15.9 Å². The van der Waals surface area contributed by atoms with Gasteiger partial charge in [0.2, 0.25) is 0 Å². The summed E-state index contributed by atoms with van der Waals surface area (Å²) in [4.78, 5) is 21.8. The molecule has 38 heavy (non-hydrogen) atoms. The number of hydrogen-bond acceptors (Lipinski definition) is 5.